The van der Waals surface area contributed by atoms with Gasteiger partial charge in [-0.05, 0) is 49.7 Å². The second kappa shape index (κ2) is 3.69. The minimum Gasteiger partial charge on any atom is -0.0922 e. The Bertz CT molecular complexity index is 337. The van der Waals surface area contributed by atoms with Crippen LogP contribution >= 0.6 is 15.9 Å². The van der Waals surface area contributed by atoms with Gasteiger partial charge in [-0.3, -0.25) is 0 Å². The molecule has 0 atom stereocenters. The third kappa shape index (κ3) is 2.03. The molecule has 0 radical (unpaired) electrons. The van der Waals surface area contributed by atoms with E-state index < -0.39 is 0 Å². The van der Waals surface area contributed by atoms with E-state index in [0.717, 1.165) is 5.33 Å². The lowest BCUT2D eigenvalue weighted by atomic mass is 9.94. The van der Waals surface area contributed by atoms with E-state index in [2.05, 4.69) is 48.0 Å². The lowest BCUT2D eigenvalue weighted by molar-refractivity contribution is 0.584. The molecule has 0 heterocycles. The Morgan fingerprint density at radius 3 is 2.57 bits per heavy atom. The maximum absolute atomic E-state index is 3.63. The van der Waals surface area contributed by atoms with Gasteiger partial charge in [-0.2, -0.15) is 0 Å². The van der Waals surface area contributed by atoms with Crippen molar-refractivity contribution in [2.45, 2.75) is 33.1 Å². The first-order chi connectivity index (χ1) is 6.65. The number of hydrogen-bond acceptors (Lipinski definition) is 0. The predicted molar refractivity (Wildman–Crippen MR) is 65.1 cm³/mol. The summed E-state index contributed by atoms with van der Waals surface area (Å²) in [6.45, 7) is 4.40. The van der Waals surface area contributed by atoms with Crippen molar-refractivity contribution in [1.29, 1.82) is 0 Å². The molecule has 0 N–H and O–H groups in total. The zero-order chi connectivity index (χ0) is 10.2. The van der Waals surface area contributed by atoms with Crippen molar-refractivity contribution in [2.75, 3.05) is 5.33 Å². The molecular formula is C13H17Br. The molecule has 14 heavy (non-hydrogen) atoms. The van der Waals surface area contributed by atoms with Gasteiger partial charge in [0.2, 0.25) is 0 Å². The van der Waals surface area contributed by atoms with Crippen LogP contribution in [0.15, 0.2) is 18.2 Å². The van der Waals surface area contributed by atoms with Gasteiger partial charge in [-0.1, -0.05) is 39.7 Å². The van der Waals surface area contributed by atoms with Gasteiger partial charge in [0.1, 0.15) is 0 Å². The third-order valence-electron chi connectivity index (χ3n) is 3.31. The molecule has 1 saturated carbocycles. The summed E-state index contributed by atoms with van der Waals surface area (Å²) < 4.78 is 0. The van der Waals surface area contributed by atoms with Crippen molar-refractivity contribution in [2.24, 2.45) is 5.41 Å². The van der Waals surface area contributed by atoms with Gasteiger partial charge in [-0.15, -0.1) is 0 Å². The maximum atomic E-state index is 3.63. The van der Waals surface area contributed by atoms with Gasteiger partial charge in [0.05, 0.1) is 0 Å². The number of aryl methyl sites for hydroxylation is 2. The Hall–Kier alpha value is -0.300. The Morgan fingerprint density at radius 2 is 2.00 bits per heavy atom. The van der Waals surface area contributed by atoms with Crippen LogP contribution in [0.3, 0.4) is 0 Å². The number of hydrogen-bond donors (Lipinski definition) is 0. The van der Waals surface area contributed by atoms with Gasteiger partial charge in [-0.25, -0.2) is 0 Å². The van der Waals surface area contributed by atoms with Crippen LogP contribution in [0, 0.1) is 19.3 Å². The molecule has 0 bridgehead atoms. The Labute approximate surface area is 94.8 Å². The van der Waals surface area contributed by atoms with E-state index in [1.807, 2.05) is 0 Å². The summed E-state index contributed by atoms with van der Waals surface area (Å²) in [7, 11) is 0. The molecule has 0 nitrogen and oxygen atoms in total. The molecule has 0 aromatic heterocycles. The van der Waals surface area contributed by atoms with Crippen LogP contribution in [-0.2, 0) is 6.42 Å². The minimum atomic E-state index is 0.596. The number of halogens is 1. The molecule has 0 amide bonds. The van der Waals surface area contributed by atoms with Gasteiger partial charge in [0.15, 0.2) is 0 Å². The van der Waals surface area contributed by atoms with E-state index in [9.17, 15) is 0 Å². The summed E-state index contributed by atoms with van der Waals surface area (Å²) in [5.41, 5.74) is 4.97. The van der Waals surface area contributed by atoms with Gasteiger partial charge in [0.25, 0.3) is 0 Å². The van der Waals surface area contributed by atoms with Crippen molar-refractivity contribution in [3.8, 4) is 0 Å². The number of benzene rings is 1. The van der Waals surface area contributed by atoms with E-state index in [4.69, 9.17) is 0 Å². The summed E-state index contributed by atoms with van der Waals surface area (Å²) in [4.78, 5) is 0. The Kier molecular flexibility index (Phi) is 2.70. The number of alkyl halides is 1. The fourth-order valence-electron chi connectivity index (χ4n) is 1.93. The topological polar surface area (TPSA) is 0 Å². The molecule has 1 aliphatic carbocycles. The van der Waals surface area contributed by atoms with Crippen LogP contribution in [0.1, 0.15) is 29.5 Å². The monoisotopic (exact) mass is 252 g/mol. The quantitative estimate of drug-likeness (QED) is 0.714. The molecule has 0 saturated heterocycles. The molecule has 1 aromatic carbocycles. The Morgan fingerprint density at radius 1 is 1.29 bits per heavy atom. The van der Waals surface area contributed by atoms with Crippen LogP contribution in [-0.4, -0.2) is 5.33 Å². The second-order valence-corrected chi connectivity index (χ2v) is 5.30. The van der Waals surface area contributed by atoms with Gasteiger partial charge >= 0.3 is 0 Å². The molecule has 2 rings (SSSR count). The van der Waals surface area contributed by atoms with E-state index in [-0.39, 0.29) is 0 Å². The average molecular weight is 253 g/mol. The van der Waals surface area contributed by atoms with Crippen LogP contribution in [0.4, 0.5) is 0 Å². The minimum absolute atomic E-state index is 0.596. The smallest absolute Gasteiger partial charge is 0.00911 e. The molecular weight excluding hydrogens is 236 g/mol. The summed E-state index contributed by atoms with van der Waals surface area (Å²) >= 11 is 3.63. The van der Waals surface area contributed by atoms with Crippen molar-refractivity contribution >= 4 is 15.9 Å². The van der Waals surface area contributed by atoms with E-state index in [0.29, 0.717) is 5.41 Å². The van der Waals surface area contributed by atoms with Crippen molar-refractivity contribution in [3.63, 3.8) is 0 Å². The fourth-order valence-corrected chi connectivity index (χ4v) is 2.69. The standard InChI is InChI=1S/C13H17Br/c1-10-3-4-11(2)12(7-10)8-13(9-14)5-6-13/h3-4,7H,5-6,8-9H2,1-2H3. The first kappa shape index (κ1) is 10.2. The SMILES string of the molecule is Cc1ccc(C)c(CC2(CBr)CC2)c1. The average Bonchev–Trinajstić information content (AvgIpc) is 2.92. The Balaban J connectivity index is 2.20. The molecule has 1 heteroatoms. The van der Waals surface area contributed by atoms with Crippen molar-refractivity contribution in [1.82, 2.24) is 0 Å². The summed E-state index contributed by atoms with van der Waals surface area (Å²) in [5.74, 6) is 0. The van der Waals surface area contributed by atoms with Crippen LogP contribution in [0.25, 0.3) is 0 Å². The molecule has 1 aromatic rings. The van der Waals surface area contributed by atoms with E-state index in [1.165, 1.54) is 30.4 Å². The van der Waals surface area contributed by atoms with E-state index >= 15 is 0 Å². The molecule has 0 aliphatic heterocycles. The second-order valence-electron chi connectivity index (χ2n) is 4.74. The zero-order valence-electron chi connectivity index (χ0n) is 8.94. The summed E-state index contributed by atoms with van der Waals surface area (Å²) in [6, 6.07) is 6.79. The zero-order valence-corrected chi connectivity index (χ0v) is 10.5. The highest BCUT2D eigenvalue weighted by molar-refractivity contribution is 9.09. The third-order valence-corrected chi connectivity index (χ3v) is 4.50. The first-order valence-corrected chi connectivity index (χ1v) is 6.39. The molecule has 76 valence electrons. The highest BCUT2D eigenvalue weighted by Crippen LogP contribution is 2.49. The predicted octanol–water partition coefficient (Wildman–Crippen LogP) is 4.02. The molecule has 0 unspecified atom stereocenters. The molecule has 1 fully saturated rings. The van der Waals surface area contributed by atoms with Crippen LogP contribution in [0.5, 0.6) is 0 Å². The van der Waals surface area contributed by atoms with Gasteiger partial charge < -0.3 is 0 Å². The van der Waals surface area contributed by atoms with Gasteiger partial charge in [0, 0.05) is 5.33 Å². The van der Waals surface area contributed by atoms with E-state index in [1.54, 1.807) is 5.56 Å². The normalized spacial score (nSPS) is 18.2. The van der Waals surface area contributed by atoms with Crippen molar-refractivity contribution < 1.29 is 0 Å². The maximum Gasteiger partial charge on any atom is 0.00911 e. The molecule has 0 spiro atoms. The highest BCUT2D eigenvalue weighted by atomic mass is 79.9. The first-order valence-electron chi connectivity index (χ1n) is 5.27. The van der Waals surface area contributed by atoms with Crippen LogP contribution < -0.4 is 0 Å². The number of rotatable bonds is 3. The molecule has 1 aliphatic rings. The largest absolute Gasteiger partial charge is 0.0922 e. The lowest BCUT2D eigenvalue weighted by Crippen LogP contribution is -2.07. The van der Waals surface area contributed by atoms with Crippen LogP contribution in [0.2, 0.25) is 0 Å². The summed E-state index contributed by atoms with van der Waals surface area (Å²) in [6.07, 6.45) is 4.04. The van der Waals surface area contributed by atoms with Crippen molar-refractivity contribution in [3.05, 3.63) is 34.9 Å². The summed E-state index contributed by atoms with van der Waals surface area (Å²) in [5, 5.41) is 1.16. The lowest BCUT2D eigenvalue weighted by Gasteiger charge is -2.14. The highest BCUT2D eigenvalue weighted by Gasteiger charge is 2.41. The fraction of sp³-hybridized carbons (Fsp3) is 0.538.